The predicted molar refractivity (Wildman–Crippen MR) is 91.3 cm³/mol. The average Bonchev–Trinajstić information content (AvgIpc) is 3.17. The van der Waals surface area contributed by atoms with E-state index in [1.165, 1.54) is 0 Å². The Kier molecular flexibility index (Phi) is 5.20. The normalized spacial score (nSPS) is 17.1. The average molecular weight is 350 g/mol. The van der Waals surface area contributed by atoms with E-state index in [1.807, 2.05) is 24.3 Å². The van der Waals surface area contributed by atoms with Crippen molar-refractivity contribution in [3.05, 3.63) is 41.0 Å². The fourth-order valence-corrected chi connectivity index (χ4v) is 2.85. The molecule has 0 radical (unpaired) electrons. The van der Waals surface area contributed by atoms with Gasteiger partial charge in [0.2, 0.25) is 5.89 Å². The molecule has 24 heavy (non-hydrogen) atoms. The van der Waals surface area contributed by atoms with Crippen LogP contribution in [0.3, 0.4) is 0 Å². The fourth-order valence-electron chi connectivity index (χ4n) is 2.73. The van der Waals surface area contributed by atoms with Gasteiger partial charge in [0.05, 0.1) is 0 Å². The minimum absolute atomic E-state index is 0.131. The standard InChI is InChI=1S/C16H20ClN5O2/c1-11-19-15(24-21-11)6-8-18-16(23)20-13-7-9-22(10-13)14-4-2-12(17)3-5-14/h2-5,13H,6-10H2,1H3,(H2,18,20,23)/t13-/m1/s1. The Morgan fingerprint density at radius 2 is 2.21 bits per heavy atom. The van der Waals surface area contributed by atoms with E-state index in [0.29, 0.717) is 24.7 Å². The Bertz CT molecular complexity index is 688. The third kappa shape index (κ3) is 4.38. The summed E-state index contributed by atoms with van der Waals surface area (Å²) in [4.78, 5) is 18.3. The van der Waals surface area contributed by atoms with Crippen molar-refractivity contribution in [1.29, 1.82) is 0 Å². The van der Waals surface area contributed by atoms with Crippen molar-refractivity contribution in [1.82, 2.24) is 20.8 Å². The quantitative estimate of drug-likeness (QED) is 0.864. The largest absolute Gasteiger partial charge is 0.369 e. The molecule has 128 valence electrons. The molecule has 3 rings (SSSR count). The molecule has 1 aliphatic heterocycles. The van der Waals surface area contributed by atoms with Gasteiger partial charge < -0.3 is 20.1 Å². The number of benzene rings is 1. The Balaban J connectivity index is 1.40. The Hall–Kier alpha value is -2.28. The van der Waals surface area contributed by atoms with Crippen molar-refractivity contribution in [2.24, 2.45) is 0 Å². The van der Waals surface area contributed by atoms with Crippen LogP contribution in [0.15, 0.2) is 28.8 Å². The molecular weight excluding hydrogens is 330 g/mol. The number of carbonyl (C=O) groups excluding carboxylic acids is 1. The van der Waals surface area contributed by atoms with E-state index in [9.17, 15) is 4.79 Å². The number of hydrogen-bond acceptors (Lipinski definition) is 5. The SMILES string of the molecule is Cc1noc(CCNC(=O)N[C@@H]2CCN(c3ccc(Cl)cc3)C2)n1. The highest BCUT2D eigenvalue weighted by atomic mass is 35.5. The minimum atomic E-state index is -0.172. The van der Waals surface area contributed by atoms with Crippen molar-refractivity contribution in [2.45, 2.75) is 25.8 Å². The number of urea groups is 1. The Morgan fingerprint density at radius 3 is 2.92 bits per heavy atom. The smallest absolute Gasteiger partial charge is 0.315 e. The van der Waals surface area contributed by atoms with Crippen molar-refractivity contribution in [3.63, 3.8) is 0 Å². The molecule has 1 aliphatic rings. The Labute approximate surface area is 145 Å². The number of hydrogen-bond donors (Lipinski definition) is 2. The molecule has 8 heteroatoms. The summed E-state index contributed by atoms with van der Waals surface area (Å²) in [5.41, 5.74) is 1.12. The summed E-state index contributed by atoms with van der Waals surface area (Å²) in [6.07, 6.45) is 1.44. The molecule has 7 nitrogen and oxygen atoms in total. The molecule has 1 saturated heterocycles. The van der Waals surface area contributed by atoms with Crippen molar-refractivity contribution in [3.8, 4) is 0 Å². The number of rotatable bonds is 5. The highest BCUT2D eigenvalue weighted by Gasteiger charge is 2.24. The van der Waals surface area contributed by atoms with Crippen LogP contribution in [0.5, 0.6) is 0 Å². The maximum atomic E-state index is 12.0. The van der Waals surface area contributed by atoms with Crippen molar-refractivity contribution in [2.75, 3.05) is 24.5 Å². The van der Waals surface area contributed by atoms with Crippen molar-refractivity contribution >= 4 is 23.3 Å². The lowest BCUT2D eigenvalue weighted by molar-refractivity contribution is 0.237. The molecule has 0 unspecified atom stereocenters. The molecule has 0 spiro atoms. The summed E-state index contributed by atoms with van der Waals surface area (Å²) in [7, 11) is 0. The van der Waals surface area contributed by atoms with E-state index in [2.05, 4.69) is 25.7 Å². The summed E-state index contributed by atoms with van der Waals surface area (Å²) in [6.45, 7) is 3.92. The van der Waals surface area contributed by atoms with Crippen LogP contribution in [0.2, 0.25) is 5.02 Å². The predicted octanol–water partition coefficient (Wildman–Crippen LogP) is 2.15. The molecule has 2 amide bonds. The van der Waals surface area contributed by atoms with E-state index in [0.717, 1.165) is 30.2 Å². The molecular formula is C16H20ClN5O2. The van der Waals surface area contributed by atoms with Gasteiger partial charge in [-0.15, -0.1) is 0 Å². The molecule has 0 bridgehead atoms. The van der Waals surface area contributed by atoms with E-state index in [1.54, 1.807) is 6.92 Å². The van der Waals surface area contributed by atoms with E-state index in [4.69, 9.17) is 16.1 Å². The molecule has 1 aromatic carbocycles. The zero-order chi connectivity index (χ0) is 16.9. The van der Waals surface area contributed by atoms with Crippen LogP contribution in [-0.2, 0) is 6.42 Å². The van der Waals surface area contributed by atoms with Crippen LogP contribution in [-0.4, -0.2) is 41.8 Å². The van der Waals surface area contributed by atoms with Gasteiger partial charge >= 0.3 is 6.03 Å². The second kappa shape index (κ2) is 7.53. The van der Waals surface area contributed by atoms with Gasteiger partial charge in [-0.25, -0.2) is 4.79 Å². The second-order valence-electron chi connectivity index (χ2n) is 5.79. The van der Waals surface area contributed by atoms with Gasteiger partial charge in [-0.2, -0.15) is 4.98 Å². The molecule has 0 saturated carbocycles. The van der Waals surface area contributed by atoms with Gasteiger partial charge in [-0.1, -0.05) is 16.8 Å². The molecule has 2 aromatic rings. The zero-order valence-corrected chi connectivity index (χ0v) is 14.2. The number of aromatic nitrogens is 2. The van der Waals surface area contributed by atoms with E-state index in [-0.39, 0.29) is 12.1 Å². The number of carbonyl (C=O) groups is 1. The molecule has 2 heterocycles. The summed E-state index contributed by atoms with van der Waals surface area (Å²) < 4.78 is 5.00. The molecule has 0 aliphatic carbocycles. The maximum Gasteiger partial charge on any atom is 0.315 e. The molecule has 2 N–H and O–H groups in total. The maximum absolute atomic E-state index is 12.0. The summed E-state index contributed by atoms with van der Waals surface area (Å²) in [6, 6.07) is 7.71. The zero-order valence-electron chi connectivity index (χ0n) is 13.5. The third-order valence-corrected chi connectivity index (χ3v) is 4.16. The summed E-state index contributed by atoms with van der Waals surface area (Å²) >= 11 is 5.91. The monoisotopic (exact) mass is 349 g/mol. The van der Waals surface area contributed by atoms with Gasteiger partial charge in [0.15, 0.2) is 5.82 Å². The number of amides is 2. The highest BCUT2D eigenvalue weighted by Crippen LogP contribution is 2.22. The van der Waals surface area contributed by atoms with Crippen LogP contribution in [0, 0.1) is 6.92 Å². The number of nitrogens with one attached hydrogen (secondary N) is 2. The lowest BCUT2D eigenvalue weighted by Gasteiger charge is -2.19. The minimum Gasteiger partial charge on any atom is -0.369 e. The number of anilines is 1. The molecule has 1 fully saturated rings. The van der Waals surface area contributed by atoms with Crippen LogP contribution < -0.4 is 15.5 Å². The van der Waals surface area contributed by atoms with Gasteiger partial charge in [-0.05, 0) is 37.6 Å². The fraction of sp³-hybridized carbons (Fsp3) is 0.438. The van der Waals surface area contributed by atoms with Gasteiger partial charge in [0, 0.05) is 42.8 Å². The summed E-state index contributed by atoms with van der Waals surface area (Å²) in [5.74, 6) is 1.13. The van der Waals surface area contributed by atoms with E-state index < -0.39 is 0 Å². The van der Waals surface area contributed by atoms with Crippen LogP contribution >= 0.6 is 11.6 Å². The topological polar surface area (TPSA) is 83.3 Å². The van der Waals surface area contributed by atoms with Gasteiger partial charge in [-0.3, -0.25) is 0 Å². The van der Waals surface area contributed by atoms with Crippen LogP contribution in [0.25, 0.3) is 0 Å². The van der Waals surface area contributed by atoms with Crippen LogP contribution in [0.1, 0.15) is 18.1 Å². The third-order valence-electron chi connectivity index (χ3n) is 3.91. The van der Waals surface area contributed by atoms with Crippen LogP contribution in [0.4, 0.5) is 10.5 Å². The van der Waals surface area contributed by atoms with Crippen molar-refractivity contribution < 1.29 is 9.32 Å². The lowest BCUT2D eigenvalue weighted by Crippen LogP contribution is -2.43. The van der Waals surface area contributed by atoms with E-state index >= 15 is 0 Å². The number of nitrogens with zero attached hydrogens (tertiary/aromatic N) is 3. The highest BCUT2D eigenvalue weighted by molar-refractivity contribution is 6.30. The summed E-state index contributed by atoms with van der Waals surface area (Å²) in [5, 5.41) is 10.2. The van der Waals surface area contributed by atoms with Gasteiger partial charge in [0.25, 0.3) is 0 Å². The second-order valence-corrected chi connectivity index (χ2v) is 6.23. The Morgan fingerprint density at radius 1 is 1.42 bits per heavy atom. The first kappa shape index (κ1) is 16.6. The lowest BCUT2D eigenvalue weighted by atomic mass is 10.3. The molecule has 1 aromatic heterocycles. The first-order chi connectivity index (χ1) is 11.6. The first-order valence-corrected chi connectivity index (χ1v) is 8.32. The number of aryl methyl sites for hydroxylation is 1. The molecule has 1 atom stereocenters. The number of halogens is 1. The first-order valence-electron chi connectivity index (χ1n) is 7.94. The van der Waals surface area contributed by atoms with Gasteiger partial charge in [0.1, 0.15) is 0 Å².